The average Bonchev–Trinajstić information content (AvgIpc) is 3.00. The lowest BCUT2D eigenvalue weighted by molar-refractivity contribution is -0.0100. The largest absolute Gasteiger partial charge is 0.384 e. The highest BCUT2D eigenvalue weighted by atomic mass is 19.1. The molecule has 0 aromatic heterocycles. The molecule has 1 atom stereocenters. The van der Waals surface area contributed by atoms with Crippen LogP contribution in [-0.4, -0.2) is 30.6 Å². The number of benzene rings is 1. The van der Waals surface area contributed by atoms with Crippen LogP contribution in [0.4, 0.5) is 4.39 Å². The second kappa shape index (κ2) is 4.15. The number of hydrogen-bond acceptors (Lipinski definition) is 2. The van der Waals surface area contributed by atoms with Gasteiger partial charge in [-0.15, -0.1) is 0 Å². The molecular weight excluding hydrogens is 205 g/mol. The SMILES string of the molecule is CN(C)CC(O)(c1ccc(F)cc1)C1CC1. The predicted molar refractivity (Wildman–Crippen MR) is 61.6 cm³/mol. The molecule has 1 aliphatic carbocycles. The summed E-state index contributed by atoms with van der Waals surface area (Å²) in [4.78, 5) is 1.97. The van der Waals surface area contributed by atoms with Gasteiger partial charge in [0.15, 0.2) is 0 Å². The minimum Gasteiger partial charge on any atom is -0.384 e. The summed E-state index contributed by atoms with van der Waals surface area (Å²) < 4.78 is 12.9. The van der Waals surface area contributed by atoms with Gasteiger partial charge >= 0.3 is 0 Å². The monoisotopic (exact) mass is 223 g/mol. The maximum absolute atomic E-state index is 12.9. The topological polar surface area (TPSA) is 23.5 Å². The van der Waals surface area contributed by atoms with E-state index >= 15 is 0 Å². The molecule has 3 heteroatoms. The first-order valence-electron chi connectivity index (χ1n) is 5.65. The Morgan fingerprint density at radius 2 is 1.88 bits per heavy atom. The Hall–Kier alpha value is -0.930. The Bertz CT molecular complexity index is 359. The number of aliphatic hydroxyl groups is 1. The van der Waals surface area contributed by atoms with Crippen LogP contribution in [0.2, 0.25) is 0 Å². The van der Waals surface area contributed by atoms with Gasteiger partial charge in [0.25, 0.3) is 0 Å². The van der Waals surface area contributed by atoms with Crippen molar-refractivity contribution < 1.29 is 9.50 Å². The van der Waals surface area contributed by atoms with Crippen LogP contribution >= 0.6 is 0 Å². The van der Waals surface area contributed by atoms with Crippen molar-refractivity contribution in [1.82, 2.24) is 4.90 Å². The lowest BCUT2D eigenvalue weighted by atomic mass is 9.88. The molecule has 0 radical (unpaired) electrons. The summed E-state index contributed by atoms with van der Waals surface area (Å²) in [6.07, 6.45) is 2.11. The molecule has 0 saturated heterocycles. The van der Waals surface area contributed by atoms with Gasteiger partial charge in [-0.25, -0.2) is 4.39 Å². The molecule has 1 unspecified atom stereocenters. The van der Waals surface area contributed by atoms with E-state index in [4.69, 9.17) is 0 Å². The summed E-state index contributed by atoms with van der Waals surface area (Å²) in [6, 6.07) is 6.21. The number of halogens is 1. The number of rotatable bonds is 4. The van der Waals surface area contributed by atoms with Crippen LogP contribution in [0.1, 0.15) is 18.4 Å². The van der Waals surface area contributed by atoms with E-state index in [1.165, 1.54) is 12.1 Å². The van der Waals surface area contributed by atoms with Gasteiger partial charge in [0.2, 0.25) is 0 Å². The highest BCUT2D eigenvalue weighted by Gasteiger charge is 2.45. The van der Waals surface area contributed by atoms with Crippen LogP contribution in [0.3, 0.4) is 0 Å². The van der Waals surface area contributed by atoms with Gasteiger partial charge in [-0.1, -0.05) is 12.1 Å². The first-order chi connectivity index (χ1) is 7.52. The molecule has 0 bridgehead atoms. The molecule has 0 amide bonds. The van der Waals surface area contributed by atoms with Crippen molar-refractivity contribution in [3.05, 3.63) is 35.6 Å². The van der Waals surface area contributed by atoms with E-state index in [-0.39, 0.29) is 5.82 Å². The van der Waals surface area contributed by atoms with Crippen LogP contribution in [0.15, 0.2) is 24.3 Å². The molecule has 0 aliphatic heterocycles. The van der Waals surface area contributed by atoms with Crippen LogP contribution in [0.5, 0.6) is 0 Å². The zero-order valence-corrected chi connectivity index (χ0v) is 9.78. The molecular formula is C13H18FNO. The van der Waals surface area contributed by atoms with E-state index in [2.05, 4.69) is 0 Å². The molecule has 1 aromatic rings. The Morgan fingerprint density at radius 1 is 1.31 bits per heavy atom. The van der Waals surface area contributed by atoms with Gasteiger partial charge in [0.1, 0.15) is 11.4 Å². The maximum Gasteiger partial charge on any atom is 0.123 e. The van der Waals surface area contributed by atoms with Crippen molar-refractivity contribution in [3.63, 3.8) is 0 Å². The third-order valence-corrected chi connectivity index (χ3v) is 3.15. The molecule has 1 fully saturated rings. The summed E-state index contributed by atoms with van der Waals surface area (Å²) >= 11 is 0. The second-order valence-corrected chi connectivity index (χ2v) is 4.94. The first kappa shape index (κ1) is 11.6. The van der Waals surface area contributed by atoms with Crippen LogP contribution < -0.4 is 0 Å². The van der Waals surface area contributed by atoms with E-state index < -0.39 is 5.60 Å². The first-order valence-corrected chi connectivity index (χ1v) is 5.65. The average molecular weight is 223 g/mol. The fraction of sp³-hybridized carbons (Fsp3) is 0.538. The van der Waals surface area contributed by atoms with Gasteiger partial charge in [-0.3, -0.25) is 0 Å². The molecule has 0 heterocycles. The molecule has 88 valence electrons. The van der Waals surface area contributed by atoms with Gasteiger partial charge in [0.05, 0.1) is 0 Å². The number of nitrogens with zero attached hydrogens (tertiary/aromatic N) is 1. The molecule has 16 heavy (non-hydrogen) atoms. The van der Waals surface area contributed by atoms with E-state index in [0.29, 0.717) is 12.5 Å². The molecule has 1 saturated carbocycles. The normalized spacial score (nSPS) is 19.8. The quantitative estimate of drug-likeness (QED) is 0.843. The Labute approximate surface area is 95.7 Å². The van der Waals surface area contributed by atoms with Crippen LogP contribution in [0, 0.1) is 11.7 Å². The predicted octanol–water partition coefficient (Wildman–Crippen LogP) is 1.98. The minimum absolute atomic E-state index is 0.258. The fourth-order valence-electron chi connectivity index (χ4n) is 2.24. The van der Waals surface area contributed by atoms with Crippen molar-refractivity contribution in [2.75, 3.05) is 20.6 Å². The minimum atomic E-state index is -0.822. The fourth-order valence-corrected chi connectivity index (χ4v) is 2.24. The smallest absolute Gasteiger partial charge is 0.123 e. The van der Waals surface area contributed by atoms with E-state index in [0.717, 1.165) is 18.4 Å². The highest BCUT2D eigenvalue weighted by Crippen LogP contribution is 2.45. The van der Waals surface area contributed by atoms with E-state index in [1.54, 1.807) is 12.1 Å². The van der Waals surface area contributed by atoms with Gasteiger partial charge in [-0.05, 0) is 50.6 Å². The highest BCUT2D eigenvalue weighted by molar-refractivity contribution is 5.26. The van der Waals surface area contributed by atoms with Gasteiger partial charge < -0.3 is 10.0 Å². The maximum atomic E-state index is 12.9. The van der Waals surface area contributed by atoms with Crippen LogP contribution in [0.25, 0.3) is 0 Å². The van der Waals surface area contributed by atoms with Crippen LogP contribution in [-0.2, 0) is 5.60 Å². The number of hydrogen-bond donors (Lipinski definition) is 1. The van der Waals surface area contributed by atoms with Gasteiger partial charge in [-0.2, -0.15) is 0 Å². The van der Waals surface area contributed by atoms with Crippen molar-refractivity contribution >= 4 is 0 Å². The van der Waals surface area contributed by atoms with Crippen molar-refractivity contribution in [2.45, 2.75) is 18.4 Å². The molecule has 1 aromatic carbocycles. The zero-order valence-electron chi connectivity index (χ0n) is 9.78. The third-order valence-electron chi connectivity index (χ3n) is 3.15. The standard InChI is InChI=1S/C13H18FNO/c1-15(2)9-13(16,10-3-4-10)11-5-7-12(14)8-6-11/h5-8,10,16H,3-4,9H2,1-2H3. The van der Waals surface area contributed by atoms with E-state index in [9.17, 15) is 9.50 Å². The molecule has 1 N–H and O–H groups in total. The summed E-state index contributed by atoms with van der Waals surface area (Å²) in [5, 5.41) is 10.7. The third kappa shape index (κ3) is 2.25. The molecule has 0 spiro atoms. The molecule has 2 nitrogen and oxygen atoms in total. The Morgan fingerprint density at radius 3 is 2.31 bits per heavy atom. The van der Waals surface area contributed by atoms with Crippen molar-refractivity contribution in [3.8, 4) is 0 Å². The summed E-state index contributed by atoms with van der Waals surface area (Å²) in [5.74, 6) is 0.0621. The summed E-state index contributed by atoms with van der Waals surface area (Å²) in [5.41, 5.74) is 0.00194. The zero-order chi connectivity index (χ0) is 11.8. The molecule has 1 aliphatic rings. The second-order valence-electron chi connectivity index (χ2n) is 4.94. The molecule has 2 rings (SSSR count). The summed E-state index contributed by atoms with van der Waals surface area (Å²) in [7, 11) is 3.88. The van der Waals surface area contributed by atoms with Crippen molar-refractivity contribution in [1.29, 1.82) is 0 Å². The Kier molecular flexibility index (Phi) is 3.00. The number of likely N-dealkylation sites (N-methyl/N-ethyl adjacent to an activating group) is 1. The van der Waals surface area contributed by atoms with E-state index in [1.807, 2.05) is 19.0 Å². The lowest BCUT2D eigenvalue weighted by Crippen LogP contribution is -2.39. The lowest BCUT2D eigenvalue weighted by Gasteiger charge is -2.31. The Balaban J connectivity index is 2.27. The van der Waals surface area contributed by atoms with Crippen molar-refractivity contribution in [2.24, 2.45) is 5.92 Å². The summed E-state index contributed by atoms with van der Waals surface area (Å²) in [6.45, 7) is 0.587. The van der Waals surface area contributed by atoms with Gasteiger partial charge in [0, 0.05) is 6.54 Å².